The molecule has 3 heterocycles. The van der Waals surface area contributed by atoms with Crippen molar-refractivity contribution in [2.45, 2.75) is 6.54 Å². The van der Waals surface area contributed by atoms with Gasteiger partial charge in [-0.2, -0.15) is 9.61 Å². The van der Waals surface area contributed by atoms with Crippen molar-refractivity contribution in [2.75, 3.05) is 32.8 Å². The van der Waals surface area contributed by atoms with E-state index in [1.165, 1.54) is 34.1 Å². The highest BCUT2D eigenvalue weighted by Crippen LogP contribution is 2.25. The molecule has 0 N–H and O–H groups in total. The van der Waals surface area contributed by atoms with Gasteiger partial charge in [-0.15, -0.1) is 0 Å². The van der Waals surface area contributed by atoms with Crippen LogP contribution in [0.25, 0.3) is 15.5 Å². The lowest BCUT2D eigenvalue weighted by Crippen LogP contribution is -2.49. The summed E-state index contributed by atoms with van der Waals surface area (Å²) >= 11 is 1.25. The number of benzene rings is 2. The van der Waals surface area contributed by atoms with Gasteiger partial charge in [0.05, 0.1) is 5.69 Å². The summed E-state index contributed by atoms with van der Waals surface area (Å²) in [6.45, 7) is 3.04. The molecule has 0 saturated carbocycles. The highest BCUT2D eigenvalue weighted by atomic mass is 32.1. The number of amides is 1. The van der Waals surface area contributed by atoms with Gasteiger partial charge in [-0.3, -0.25) is 14.5 Å². The Hall–Kier alpha value is -3.63. The fraction of sp³-hybridized carbons (Fsp3) is 0.250. The number of piperazine rings is 1. The molecule has 2 aromatic carbocycles. The molecule has 0 atom stereocenters. The van der Waals surface area contributed by atoms with Crippen molar-refractivity contribution in [3.63, 3.8) is 0 Å². The fourth-order valence-corrected chi connectivity index (χ4v) is 4.73. The molecule has 1 fully saturated rings. The molecule has 0 unspecified atom stereocenters. The molecule has 1 saturated heterocycles. The molecule has 1 aliphatic rings. The van der Waals surface area contributed by atoms with E-state index in [0.717, 1.165) is 0 Å². The zero-order valence-electron chi connectivity index (χ0n) is 18.3. The summed E-state index contributed by atoms with van der Waals surface area (Å²) in [5.41, 5.74) is 0.978. The summed E-state index contributed by atoms with van der Waals surface area (Å²) in [4.78, 5) is 34.1. The van der Waals surface area contributed by atoms with E-state index in [4.69, 9.17) is 4.74 Å². The normalized spacial score (nSPS) is 14.4. The zero-order chi connectivity index (χ0) is 23.5. The molecule has 174 valence electrons. The third-order valence-electron chi connectivity index (χ3n) is 5.59. The van der Waals surface area contributed by atoms with E-state index in [9.17, 15) is 14.0 Å². The second kappa shape index (κ2) is 9.70. The van der Waals surface area contributed by atoms with Crippen molar-refractivity contribution in [1.29, 1.82) is 0 Å². The van der Waals surface area contributed by atoms with Gasteiger partial charge in [0.25, 0.3) is 11.5 Å². The van der Waals surface area contributed by atoms with Gasteiger partial charge < -0.3 is 9.64 Å². The van der Waals surface area contributed by atoms with Crippen LogP contribution in [0.15, 0.2) is 65.5 Å². The maximum atomic E-state index is 13.6. The van der Waals surface area contributed by atoms with Crippen LogP contribution in [0, 0.1) is 5.82 Å². The molecular formula is C24H22FN5O3S. The minimum atomic E-state index is -0.359. The average molecular weight is 480 g/mol. The zero-order valence-corrected chi connectivity index (χ0v) is 19.1. The van der Waals surface area contributed by atoms with E-state index >= 15 is 0 Å². The number of rotatable bonds is 6. The van der Waals surface area contributed by atoms with Gasteiger partial charge in [-0.25, -0.2) is 9.37 Å². The van der Waals surface area contributed by atoms with E-state index in [-0.39, 0.29) is 23.9 Å². The van der Waals surface area contributed by atoms with Crippen LogP contribution in [0.3, 0.4) is 0 Å². The quantitative estimate of drug-likeness (QED) is 0.423. The number of hydrogen-bond donors (Lipinski definition) is 0. The van der Waals surface area contributed by atoms with E-state index in [0.29, 0.717) is 59.7 Å². The van der Waals surface area contributed by atoms with Crippen LogP contribution in [0.2, 0.25) is 0 Å². The molecule has 34 heavy (non-hydrogen) atoms. The maximum absolute atomic E-state index is 13.6. The minimum Gasteiger partial charge on any atom is -0.484 e. The first-order valence-corrected chi connectivity index (χ1v) is 11.7. The standard InChI is InChI=1S/C24H22FN5O3S/c25-18-6-4-5-17(13-18)23-27-30-21(31)14-19(26-24(30)34-23)15-28-9-11-29(12-10-28)22(32)16-33-20-7-2-1-3-8-20/h1-8,13-14H,9-12,15-16H2. The predicted octanol–water partition coefficient (Wildman–Crippen LogP) is 2.68. The molecule has 0 bridgehead atoms. The number of carbonyl (C=O) groups is 1. The summed E-state index contributed by atoms with van der Waals surface area (Å²) in [5, 5.41) is 4.84. The van der Waals surface area contributed by atoms with E-state index in [1.807, 2.05) is 30.3 Å². The Balaban J connectivity index is 1.20. The van der Waals surface area contributed by atoms with Crippen LogP contribution in [-0.4, -0.2) is 63.1 Å². The van der Waals surface area contributed by atoms with Crippen molar-refractivity contribution in [3.8, 4) is 16.3 Å². The van der Waals surface area contributed by atoms with E-state index in [1.54, 1.807) is 17.0 Å². The summed E-state index contributed by atoms with van der Waals surface area (Å²) in [7, 11) is 0. The lowest BCUT2D eigenvalue weighted by atomic mass is 10.2. The van der Waals surface area contributed by atoms with Crippen LogP contribution >= 0.6 is 11.3 Å². The SMILES string of the molecule is O=C(COc1ccccc1)N1CCN(Cc2cc(=O)n3nc(-c4cccc(F)c4)sc3n2)CC1. The largest absolute Gasteiger partial charge is 0.484 e. The summed E-state index contributed by atoms with van der Waals surface area (Å²) in [5.74, 6) is 0.267. The minimum absolute atomic E-state index is 0.0119. The number of aromatic nitrogens is 3. The summed E-state index contributed by atoms with van der Waals surface area (Å²) in [6.07, 6.45) is 0. The molecule has 1 aliphatic heterocycles. The van der Waals surface area contributed by atoms with Gasteiger partial charge >= 0.3 is 0 Å². The van der Waals surface area contributed by atoms with Crippen molar-refractivity contribution in [2.24, 2.45) is 0 Å². The second-order valence-corrected chi connectivity index (χ2v) is 8.91. The highest BCUT2D eigenvalue weighted by Gasteiger charge is 2.22. The average Bonchev–Trinajstić information content (AvgIpc) is 3.29. The smallest absolute Gasteiger partial charge is 0.275 e. The molecule has 8 nitrogen and oxygen atoms in total. The van der Waals surface area contributed by atoms with Crippen LogP contribution < -0.4 is 10.3 Å². The molecule has 0 spiro atoms. The molecule has 2 aromatic heterocycles. The lowest BCUT2D eigenvalue weighted by molar-refractivity contribution is -0.135. The molecule has 0 radical (unpaired) electrons. The Labute approximate surface area is 198 Å². The van der Waals surface area contributed by atoms with Crippen LogP contribution in [0.4, 0.5) is 4.39 Å². The summed E-state index contributed by atoms with van der Waals surface area (Å²) < 4.78 is 20.4. The molecule has 1 amide bonds. The van der Waals surface area contributed by atoms with Gasteiger partial charge in [-0.1, -0.05) is 41.7 Å². The Kier molecular flexibility index (Phi) is 6.33. The Morgan fingerprint density at radius 2 is 1.82 bits per heavy atom. The van der Waals surface area contributed by atoms with Crippen molar-refractivity contribution in [3.05, 3.63) is 82.5 Å². The van der Waals surface area contributed by atoms with Crippen molar-refractivity contribution in [1.82, 2.24) is 24.4 Å². The van der Waals surface area contributed by atoms with Crippen molar-refractivity contribution < 1.29 is 13.9 Å². The van der Waals surface area contributed by atoms with Crippen LogP contribution in [-0.2, 0) is 11.3 Å². The first-order chi connectivity index (χ1) is 16.5. The first kappa shape index (κ1) is 22.2. The second-order valence-electron chi connectivity index (χ2n) is 7.96. The molecular weight excluding hydrogens is 457 g/mol. The highest BCUT2D eigenvalue weighted by molar-refractivity contribution is 7.19. The summed E-state index contributed by atoms with van der Waals surface area (Å²) in [6, 6.07) is 16.9. The molecule has 4 aromatic rings. The van der Waals surface area contributed by atoms with Gasteiger partial charge in [0.15, 0.2) is 6.61 Å². The number of para-hydroxylation sites is 1. The van der Waals surface area contributed by atoms with E-state index < -0.39 is 0 Å². The predicted molar refractivity (Wildman–Crippen MR) is 126 cm³/mol. The van der Waals surface area contributed by atoms with Gasteiger partial charge in [0, 0.05) is 44.4 Å². The van der Waals surface area contributed by atoms with Gasteiger partial charge in [-0.05, 0) is 24.3 Å². The maximum Gasteiger partial charge on any atom is 0.275 e. The number of ether oxygens (including phenoxy) is 1. The number of nitrogens with zero attached hydrogens (tertiary/aromatic N) is 5. The third-order valence-corrected chi connectivity index (χ3v) is 6.54. The Bertz CT molecular complexity index is 1370. The topological polar surface area (TPSA) is 80.0 Å². The first-order valence-electron chi connectivity index (χ1n) is 10.9. The number of carbonyl (C=O) groups excluding carboxylic acids is 1. The van der Waals surface area contributed by atoms with Crippen LogP contribution in [0.1, 0.15) is 5.69 Å². The van der Waals surface area contributed by atoms with E-state index in [2.05, 4.69) is 15.0 Å². The third kappa shape index (κ3) is 4.97. The molecule has 0 aliphatic carbocycles. The van der Waals surface area contributed by atoms with Crippen LogP contribution in [0.5, 0.6) is 5.75 Å². The number of hydrogen-bond acceptors (Lipinski definition) is 7. The Morgan fingerprint density at radius 3 is 2.59 bits per heavy atom. The molecule has 10 heteroatoms. The molecule has 5 rings (SSSR count). The van der Waals surface area contributed by atoms with Crippen molar-refractivity contribution >= 4 is 22.2 Å². The fourth-order valence-electron chi connectivity index (χ4n) is 3.81. The lowest BCUT2D eigenvalue weighted by Gasteiger charge is -2.34. The Morgan fingerprint density at radius 1 is 1.03 bits per heavy atom. The monoisotopic (exact) mass is 479 g/mol. The van der Waals surface area contributed by atoms with Gasteiger partial charge in [0.2, 0.25) is 4.96 Å². The van der Waals surface area contributed by atoms with Gasteiger partial charge in [0.1, 0.15) is 16.6 Å². The number of halogens is 1. The number of fused-ring (bicyclic) bond motifs is 1.